The lowest BCUT2D eigenvalue weighted by Gasteiger charge is -2.03. The van der Waals surface area contributed by atoms with Crippen LogP contribution in [0.15, 0.2) is 28.8 Å². The molecule has 1 unspecified atom stereocenters. The molecule has 1 heterocycles. The highest BCUT2D eigenvalue weighted by Gasteiger charge is 2.14. The number of nitrogens with zero attached hydrogens (tertiary/aromatic N) is 2. The Morgan fingerprint density at radius 3 is 3.00 bits per heavy atom. The summed E-state index contributed by atoms with van der Waals surface area (Å²) < 4.78 is 5.29. The highest BCUT2D eigenvalue weighted by Crippen LogP contribution is 2.19. The van der Waals surface area contributed by atoms with Gasteiger partial charge in [0.1, 0.15) is 0 Å². The fourth-order valence-electron chi connectivity index (χ4n) is 1.92. The van der Waals surface area contributed by atoms with E-state index in [1.165, 1.54) is 0 Å². The Morgan fingerprint density at radius 1 is 1.42 bits per heavy atom. The molecule has 0 fully saturated rings. The van der Waals surface area contributed by atoms with E-state index in [1.54, 1.807) is 0 Å². The first-order chi connectivity index (χ1) is 9.19. The SMILES string of the molecule is CC(CCCN)c1nc(Cc2cccc(Cl)c2)no1. The fourth-order valence-corrected chi connectivity index (χ4v) is 2.13. The first kappa shape index (κ1) is 14.0. The van der Waals surface area contributed by atoms with Crippen LogP contribution in [-0.4, -0.2) is 16.7 Å². The zero-order valence-electron chi connectivity index (χ0n) is 11.0. The van der Waals surface area contributed by atoms with Crippen LogP contribution in [-0.2, 0) is 6.42 Å². The Hall–Kier alpha value is -1.39. The van der Waals surface area contributed by atoms with Crippen molar-refractivity contribution in [3.63, 3.8) is 0 Å². The van der Waals surface area contributed by atoms with E-state index >= 15 is 0 Å². The van der Waals surface area contributed by atoms with E-state index in [4.69, 9.17) is 21.9 Å². The fraction of sp³-hybridized carbons (Fsp3) is 0.429. The zero-order valence-corrected chi connectivity index (χ0v) is 11.7. The van der Waals surface area contributed by atoms with Crippen LogP contribution >= 0.6 is 11.6 Å². The molecule has 2 N–H and O–H groups in total. The molecule has 0 bridgehead atoms. The summed E-state index contributed by atoms with van der Waals surface area (Å²) in [7, 11) is 0. The monoisotopic (exact) mass is 279 g/mol. The molecule has 0 aliphatic carbocycles. The molecule has 0 saturated heterocycles. The van der Waals surface area contributed by atoms with E-state index in [2.05, 4.69) is 17.1 Å². The van der Waals surface area contributed by atoms with E-state index in [-0.39, 0.29) is 5.92 Å². The minimum Gasteiger partial charge on any atom is -0.339 e. The number of nitrogens with two attached hydrogens (primary N) is 1. The third-order valence-corrected chi connectivity index (χ3v) is 3.23. The summed E-state index contributed by atoms with van der Waals surface area (Å²) in [5.74, 6) is 1.63. The molecule has 1 aromatic carbocycles. The van der Waals surface area contributed by atoms with Gasteiger partial charge >= 0.3 is 0 Å². The molecule has 0 saturated carbocycles. The van der Waals surface area contributed by atoms with Gasteiger partial charge < -0.3 is 10.3 Å². The maximum Gasteiger partial charge on any atom is 0.229 e. The van der Waals surface area contributed by atoms with Gasteiger partial charge in [0, 0.05) is 17.4 Å². The van der Waals surface area contributed by atoms with Crippen LogP contribution in [0.4, 0.5) is 0 Å². The predicted molar refractivity (Wildman–Crippen MR) is 75.3 cm³/mol. The first-order valence-electron chi connectivity index (χ1n) is 6.46. The zero-order chi connectivity index (χ0) is 13.7. The second kappa shape index (κ2) is 6.68. The Balaban J connectivity index is 2.01. The summed E-state index contributed by atoms with van der Waals surface area (Å²) >= 11 is 5.95. The summed E-state index contributed by atoms with van der Waals surface area (Å²) in [6, 6.07) is 7.68. The van der Waals surface area contributed by atoms with Gasteiger partial charge in [-0.15, -0.1) is 0 Å². The molecule has 0 radical (unpaired) electrons. The van der Waals surface area contributed by atoms with Gasteiger partial charge in [0.2, 0.25) is 5.89 Å². The van der Waals surface area contributed by atoms with Crippen molar-refractivity contribution in [2.75, 3.05) is 6.54 Å². The van der Waals surface area contributed by atoms with Crippen molar-refractivity contribution in [2.45, 2.75) is 32.1 Å². The topological polar surface area (TPSA) is 64.9 Å². The molecular weight excluding hydrogens is 262 g/mol. The van der Waals surface area contributed by atoms with E-state index in [0.29, 0.717) is 24.7 Å². The third kappa shape index (κ3) is 4.04. The Bertz CT molecular complexity index is 527. The lowest BCUT2D eigenvalue weighted by molar-refractivity contribution is 0.349. The van der Waals surface area contributed by atoms with Gasteiger partial charge in [-0.3, -0.25) is 0 Å². The molecule has 102 valence electrons. The number of benzene rings is 1. The van der Waals surface area contributed by atoms with Crippen LogP contribution in [0.25, 0.3) is 0 Å². The van der Waals surface area contributed by atoms with Crippen molar-refractivity contribution in [3.05, 3.63) is 46.6 Å². The number of hydrogen-bond acceptors (Lipinski definition) is 4. The normalized spacial score (nSPS) is 12.6. The molecule has 0 aliphatic heterocycles. The molecule has 19 heavy (non-hydrogen) atoms. The smallest absolute Gasteiger partial charge is 0.229 e. The Kier molecular flexibility index (Phi) is 4.93. The molecule has 2 rings (SSSR count). The van der Waals surface area contributed by atoms with E-state index in [9.17, 15) is 0 Å². The van der Waals surface area contributed by atoms with Crippen LogP contribution in [0.1, 0.15) is 43.0 Å². The maximum absolute atomic E-state index is 5.95. The van der Waals surface area contributed by atoms with E-state index < -0.39 is 0 Å². The van der Waals surface area contributed by atoms with E-state index in [0.717, 1.165) is 23.4 Å². The molecule has 0 spiro atoms. The summed E-state index contributed by atoms with van der Waals surface area (Å²) in [6.45, 7) is 2.76. The summed E-state index contributed by atoms with van der Waals surface area (Å²) in [6.07, 6.45) is 2.57. The number of halogens is 1. The summed E-state index contributed by atoms with van der Waals surface area (Å²) in [5, 5.41) is 4.73. The van der Waals surface area contributed by atoms with Crippen LogP contribution in [0, 0.1) is 0 Å². The number of hydrogen-bond donors (Lipinski definition) is 1. The molecule has 4 nitrogen and oxygen atoms in total. The van der Waals surface area contributed by atoms with Gasteiger partial charge in [-0.1, -0.05) is 35.8 Å². The quantitative estimate of drug-likeness (QED) is 0.882. The molecule has 1 atom stereocenters. The summed E-state index contributed by atoms with van der Waals surface area (Å²) in [5.41, 5.74) is 6.58. The number of aromatic nitrogens is 2. The average Bonchev–Trinajstić information content (AvgIpc) is 2.84. The van der Waals surface area contributed by atoms with Crippen LogP contribution in [0.3, 0.4) is 0 Å². The van der Waals surface area contributed by atoms with Crippen LogP contribution in [0.2, 0.25) is 5.02 Å². The molecule has 2 aromatic rings. The van der Waals surface area contributed by atoms with Gasteiger partial charge in [0.05, 0.1) is 0 Å². The average molecular weight is 280 g/mol. The summed E-state index contributed by atoms with van der Waals surface area (Å²) in [4.78, 5) is 4.43. The largest absolute Gasteiger partial charge is 0.339 e. The van der Waals surface area contributed by atoms with Crippen molar-refractivity contribution >= 4 is 11.6 Å². The van der Waals surface area contributed by atoms with Gasteiger partial charge in [-0.25, -0.2) is 0 Å². The highest BCUT2D eigenvalue weighted by atomic mass is 35.5. The van der Waals surface area contributed by atoms with Crippen molar-refractivity contribution in [1.29, 1.82) is 0 Å². The highest BCUT2D eigenvalue weighted by molar-refractivity contribution is 6.30. The Labute approximate surface area is 118 Å². The maximum atomic E-state index is 5.95. The predicted octanol–water partition coefficient (Wildman–Crippen LogP) is 3.16. The standard InChI is InChI=1S/C14H18ClN3O/c1-10(4-3-7-16)14-17-13(18-19-14)9-11-5-2-6-12(15)8-11/h2,5-6,8,10H,3-4,7,9,16H2,1H3. The minimum absolute atomic E-state index is 0.254. The van der Waals surface area contributed by atoms with Gasteiger partial charge in [-0.05, 0) is 37.1 Å². The lowest BCUT2D eigenvalue weighted by atomic mass is 10.1. The van der Waals surface area contributed by atoms with Gasteiger partial charge in [0.15, 0.2) is 5.82 Å². The minimum atomic E-state index is 0.254. The van der Waals surface area contributed by atoms with Gasteiger partial charge in [-0.2, -0.15) is 4.98 Å². The first-order valence-corrected chi connectivity index (χ1v) is 6.84. The lowest BCUT2D eigenvalue weighted by Crippen LogP contribution is -2.02. The van der Waals surface area contributed by atoms with Crippen molar-refractivity contribution < 1.29 is 4.52 Å². The van der Waals surface area contributed by atoms with Crippen LogP contribution < -0.4 is 5.73 Å². The second-order valence-corrected chi connectivity index (χ2v) is 5.12. The van der Waals surface area contributed by atoms with Crippen molar-refractivity contribution in [2.24, 2.45) is 5.73 Å². The van der Waals surface area contributed by atoms with Crippen molar-refractivity contribution in [1.82, 2.24) is 10.1 Å². The van der Waals surface area contributed by atoms with E-state index in [1.807, 2.05) is 24.3 Å². The van der Waals surface area contributed by atoms with Gasteiger partial charge in [0.25, 0.3) is 0 Å². The molecular formula is C14H18ClN3O. The molecule has 5 heteroatoms. The number of rotatable bonds is 6. The molecule has 1 aromatic heterocycles. The van der Waals surface area contributed by atoms with Crippen LogP contribution in [0.5, 0.6) is 0 Å². The molecule has 0 amide bonds. The second-order valence-electron chi connectivity index (χ2n) is 4.69. The van der Waals surface area contributed by atoms with Crippen molar-refractivity contribution in [3.8, 4) is 0 Å². The Morgan fingerprint density at radius 2 is 2.26 bits per heavy atom. The molecule has 0 aliphatic rings. The third-order valence-electron chi connectivity index (χ3n) is 3.00.